The Kier molecular flexibility index (Phi) is 6.74. The van der Waals surface area contributed by atoms with Crippen molar-refractivity contribution in [2.45, 2.75) is 37.6 Å². The summed E-state index contributed by atoms with van der Waals surface area (Å²) in [6.45, 7) is 7.07. The minimum absolute atomic E-state index is 0.159. The Labute approximate surface area is 192 Å². The zero-order chi connectivity index (χ0) is 22.7. The smallest absolute Gasteiger partial charge is 0.252 e. The lowest BCUT2D eigenvalue weighted by atomic mass is 9.99. The monoisotopic (exact) mass is 469 g/mol. The molecule has 1 aromatic heterocycles. The summed E-state index contributed by atoms with van der Waals surface area (Å²) in [6.07, 6.45) is 4.00. The summed E-state index contributed by atoms with van der Waals surface area (Å²) >= 11 is 1.48. The number of rotatable bonds is 6. The van der Waals surface area contributed by atoms with Gasteiger partial charge in [0.25, 0.3) is 5.91 Å². The van der Waals surface area contributed by atoms with Crippen LogP contribution in [-0.4, -0.2) is 36.3 Å². The van der Waals surface area contributed by atoms with Crippen LogP contribution in [-0.2, 0) is 27.8 Å². The van der Waals surface area contributed by atoms with Crippen molar-refractivity contribution in [2.24, 2.45) is 10.9 Å². The molecule has 3 aromatic rings. The second kappa shape index (κ2) is 9.52. The predicted octanol–water partition coefficient (Wildman–Crippen LogP) is 3.98. The number of piperidine rings is 1. The van der Waals surface area contributed by atoms with Crippen LogP contribution in [0, 0.1) is 5.92 Å². The highest BCUT2D eigenvalue weighted by atomic mass is 32.2. The number of carbonyl (C=O) groups is 1. The van der Waals surface area contributed by atoms with Gasteiger partial charge in [-0.1, -0.05) is 48.6 Å². The largest absolute Gasteiger partial charge is 0.313 e. The highest BCUT2D eigenvalue weighted by Gasteiger charge is 2.33. The van der Waals surface area contributed by atoms with Gasteiger partial charge in [0.1, 0.15) is 0 Å². The normalized spacial score (nSPS) is 18.2. The molecule has 2 aromatic carbocycles. The minimum atomic E-state index is -3.62. The van der Waals surface area contributed by atoms with Crippen LogP contribution in [0.15, 0.2) is 71.1 Å². The molecular weight excluding hydrogens is 442 g/mol. The van der Waals surface area contributed by atoms with E-state index in [9.17, 15) is 13.2 Å². The van der Waals surface area contributed by atoms with Crippen LogP contribution >= 0.6 is 11.3 Å². The average Bonchev–Trinajstić information content (AvgIpc) is 3.16. The second-order valence-electron chi connectivity index (χ2n) is 7.90. The summed E-state index contributed by atoms with van der Waals surface area (Å²) in [4.78, 5) is 18.4. The summed E-state index contributed by atoms with van der Waals surface area (Å²) in [5, 5.41) is 0. The number of sulfonamides is 1. The molecule has 32 heavy (non-hydrogen) atoms. The molecule has 1 fully saturated rings. The van der Waals surface area contributed by atoms with Gasteiger partial charge >= 0.3 is 0 Å². The van der Waals surface area contributed by atoms with E-state index in [0.29, 0.717) is 30.7 Å². The van der Waals surface area contributed by atoms with Gasteiger partial charge in [0, 0.05) is 19.6 Å². The summed E-state index contributed by atoms with van der Waals surface area (Å²) in [7, 11) is -3.62. The first kappa shape index (κ1) is 22.6. The second-order valence-corrected chi connectivity index (χ2v) is 10.9. The van der Waals surface area contributed by atoms with Crippen molar-refractivity contribution >= 4 is 37.5 Å². The van der Waals surface area contributed by atoms with Crippen LogP contribution in [0.4, 0.5) is 0 Å². The molecule has 1 atom stereocenters. The molecule has 4 rings (SSSR count). The molecule has 8 heteroatoms. The predicted molar refractivity (Wildman–Crippen MR) is 128 cm³/mol. The summed E-state index contributed by atoms with van der Waals surface area (Å²) < 4.78 is 30.5. The average molecular weight is 470 g/mol. The van der Waals surface area contributed by atoms with Crippen molar-refractivity contribution < 1.29 is 13.2 Å². The van der Waals surface area contributed by atoms with Crippen LogP contribution < -0.4 is 4.80 Å². The maximum Gasteiger partial charge on any atom is 0.252 e. The molecule has 0 N–H and O–H groups in total. The lowest BCUT2D eigenvalue weighted by molar-refractivity contribution is -0.122. The highest BCUT2D eigenvalue weighted by molar-refractivity contribution is 7.89. The van der Waals surface area contributed by atoms with Crippen molar-refractivity contribution in [3.63, 3.8) is 0 Å². The zero-order valence-corrected chi connectivity index (χ0v) is 19.7. The summed E-state index contributed by atoms with van der Waals surface area (Å²) in [6, 6.07) is 14.7. The first-order valence-corrected chi connectivity index (χ1v) is 13.1. The van der Waals surface area contributed by atoms with Crippen LogP contribution in [0.1, 0.15) is 25.3 Å². The molecule has 1 unspecified atom stereocenters. The SMILES string of the molecule is C=CCn1c(=NC(=O)C2CCCN(S(=O)(=O)c3ccccc3)C2)sc2cc(CC)ccc21. The molecule has 0 bridgehead atoms. The van der Waals surface area contributed by atoms with Crippen molar-refractivity contribution in [2.75, 3.05) is 13.1 Å². The third-order valence-electron chi connectivity index (χ3n) is 5.79. The van der Waals surface area contributed by atoms with Crippen molar-refractivity contribution in [3.05, 3.63) is 71.6 Å². The number of benzene rings is 2. The Morgan fingerprint density at radius 3 is 2.75 bits per heavy atom. The lowest BCUT2D eigenvalue weighted by Crippen LogP contribution is -2.42. The molecule has 0 aliphatic carbocycles. The number of allylic oxidation sites excluding steroid dienone is 1. The highest BCUT2D eigenvalue weighted by Crippen LogP contribution is 2.25. The number of hydrogen-bond donors (Lipinski definition) is 0. The number of aromatic nitrogens is 1. The van der Waals surface area contributed by atoms with Crippen molar-refractivity contribution in [1.29, 1.82) is 0 Å². The topological polar surface area (TPSA) is 71.7 Å². The maximum absolute atomic E-state index is 13.1. The van der Waals surface area contributed by atoms with Crippen LogP contribution in [0.3, 0.4) is 0 Å². The number of amides is 1. The molecule has 1 amide bonds. The quantitative estimate of drug-likeness (QED) is 0.513. The van der Waals surface area contributed by atoms with Crippen LogP contribution in [0.5, 0.6) is 0 Å². The van der Waals surface area contributed by atoms with Gasteiger partial charge in [0.2, 0.25) is 10.0 Å². The number of carbonyl (C=O) groups excluding carboxylic acids is 1. The van der Waals surface area contributed by atoms with E-state index < -0.39 is 15.9 Å². The maximum atomic E-state index is 13.1. The van der Waals surface area contributed by atoms with Crippen LogP contribution in [0.2, 0.25) is 0 Å². The Morgan fingerprint density at radius 2 is 2.03 bits per heavy atom. The number of aryl methyl sites for hydroxylation is 1. The fourth-order valence-corrected chi connectivity index (χ4v) is 6.67. The Bertz CT molecular complexity index is 1310. The minimum Gasteiger partial charge on any atom is -0.313 e. The number of nitrogens with zero attached hydrogens (tertiary/aromatic N) is 3. The van der Waals surface area contributed by atoms with Crippen LogP contribution in [0.25, 0.3) is 10.2 Å². The molecule has 1 saturated heterocycles. The first-order chi connectivity index (χ1) is 15.4. The number of thiazole rings is 1. The first-order valence-electron chi connectivity index (χ1n) is 10.8. The van der Waals surface area contributed by atoms with Gasteiger partial charge in [0.05, 0.1) is 21.0 Å². The third-order valence-corrected chi connectivity index (χ3v) is 8.71. The molecule has 0 saturated carbocycles. The van der Waals surface area contributed by atoms with Gasteiger partial charge in [0.15, 0.2) is 4.80 Å². The molecule has 1 aliphatic heterocycles. The van der Waals surface area contributed by atoms with E-state index in [0.717, 1.165) is 16.6 Å². The number of hydrogen-bond acceptors (Lipinski definition) is 4. The van der Waals surface area contributed by atoms with Gasteiger partial charge in [-0.25, -0.2) is 8.42 Å². The van der Waals surface area contributed by atoms with Gasteiger partial charge < -0.3 is 4.57 Å². The van der Waals surface area contributed by atoms with E-state index in [-0.39, 0.29) is 17.3 Å². The summed E-state index contributed by atoms with van der Waals surface area (Å²) in [5.74, 6) is -0.714. The van der Waals surface area contributed by atoms with E-state index >= 15 is 0 Å². The van der Waals surface area contributed by atoms with E-state index in [1.165, 1.54) is 21.2 Å². The zero-order valence-electron chi connectivity index (χ0n) is 18.1. The molecule has 1 aliphatic rings. The standard InChI is InChI=1S/C24H27N3O3S2/c1-3-14-27-21-13-12-18(4-2)16-22(21)31-24(27)25-23(28)19-9-8-15-26(17-19)32(29,30)20-10-6-5-7-11-20/h3,5-7,10-13,16,19H,1,4,8-9,14-15,17H2,2H3. The van der Waals surface area contributed by atoms with Gasteiger partial charge in [-0.3, -0.25) is 4.79 Å². The fourth-order valence-electron chi connectivity index (χ4n) is 4.02. The molecule has 6 nitrogen and oxygen atoms in total. The Hall–Kier alpha value is -2.55. The van der Waals surface area contributed by atoms with Crippen molar-refractivity contribution in [3.8, 4) is 0 Å². The van der Waals surface area contributed by atoms with E-state index in [1.54, 1.807) is 36.4 Å². The molecule has 0 radical (unpaired) electrons. The third kappa shape index (κ3) is 4.48. The summed E-state index contributed by atoms with van der Waals surface area (Å²) in [5.41, 5.74) is 2.26. The van der Waals surface area contributed by atoms with Crippen molar-refractivity contribution in [1.82, 2.24) is 8.87 Å². The fraction of sp³-hybridized carbons (Fsp3) is 0.333. The van der Waals surface area contributed by atoms with Gasteiger partial charge in [-0.15, -0.1) is 6.58 Å². The number of fused-ring (bicyclic) bond motifs is 1. The molecular formula is C24H27N3O3S2. The lowest BCUT2D eigenvalue weighted by Gasteiger charge is -2.30. The Balaban J connectivity index is 1.64. The van der Waals surface area contributed by atoms with Gasteiger partial charge in [-0.05, 0) is 49.1 Å². The van der Waals surface area contributed by atoms with E-state index in [2.05, 4.69) is 36.7 Å². The molecule has 168 valence electrons. The van der Waals surface area contributed by atoms with Gasteiger partial charge in [-0.2, -0.15) is 9.30 Å². The molecule has 2 heterocycles. The van der Waals surface area contributed by atoms with E-state index in [1.807, 2.05) is 4.57 Å². The van der Waals surface area contributed by atoms with E-state index in [4.69, 9.17) is 0 Å². The molecule has 0 spiro atoms. The Morgan fingerprint density at radius 1 is 1.25 bits per heavy atom.